The number of aliphatic hydroxyl groups excluding tert-OH is 1. The highest BCUT2D eigenvalue weighted by Crippen LogP contribution is 2.20. The molecule has 2 heterocycles. The smallest absolute Gasteiger partial charge is 0.226 e. The Balaban J connectivity index is 2.04. The quantitative estimate of drug-likeness (QED) is 0.843. The molecule has 1 fully saturated rings. The van der Waals surface area contributed by atoms with Crippen LogP contribution < -0.4 is 10.2 Å². The first-order valence-electron chi connectivity index (χ1n) is 6.70. The number of anilines is 1. The van der Waals surface area contributed by atoms with E-state index in [2.05, 4.69) is 20.2 Å². The van der Waals surface area contributed by atoms with Crippen LogP contribution in [0.25, 0.3) is 10.9 Å². The van der Waals surface area contributed by atoms with Crippen LogP contribution in [0.4, 0.5) is 5.95 Å². The van der Waals surface area contributed by atoms with Crippen molar-refractivity contribution in [3.8, 4) is 0 Å². The molecule has 1 aromatic carbocycles. The highest BCUT2D eigenvalue weighted by atomic mass is 16.3. The summed E-state index contributed by atoms with van der Waals surface area (Å²) in [7, 11) is 0. The number of rotatable bonds is 3. The predicted octanol–water partition coefficient (Wildman–Crippen LogP) is 0.574. The third-order valence-corrected chi connectivity index (χ3v) is 3.42. The van der Waals surface area contributed by atoms with Crippen LogP contribution in [0.2, 0.25) is 0 Å². The van der Waals surface area contributed by atoms with Crippen molar-refractivity contribution < 1.29 is 5.11 Å². The molecule has 1 saturated heterocycles. The minimum Gasteiger partial charge on any atom is -0.396 e. The second kappa shape index (κ2) is 5.50. The molecule has 2 N–H and O–H groups in total. The third kappa shape index (κ3) is 2.52. The summed E-state index contributed by atoms with van der Waals surface area (Å²) in [4.78, 5) is 11.5. The molecular formula is C14H18N4O. The van der Waals surface area contributed by atoms with E-state index in [0.717, 1.165) is 48.7 Å². The molecule has 19 heavy (non-hydrogen) atoms. The largest absolute Gasteiger partial charge is 0.396 e. The Labute approximate surface area is 112 Å². The second-order valence-electron chi connectivity index (χ2n) is 4.70. The van der Waals surface area contributed by atoms with E-state index < -0.39 is 0 Å². The summed E-state index contributed by atoms with van der Waals surface area (Å²) in [6, 6.07) is 7.99. The number of hydrogen-bond donors (Lipinski definition) is 2. The summed E-state index contributed by atoms with van der Waals surface area (Å²) >= 11 is 0. The van der Waals surface area contributed by atoms with E-state index in [0.29, 0.717) is 6.42 Å². The van der Waals surface area contributed by atoms with Crippen LogP contribution in [-0.2, 0) is 6.42 Å². The number of nitrogens with one attached hydrogen (secondary N) is 1. The maximum absolute atomic E-state index is 9.20. The number of aromatic nitrogens is 2. The number of benzene rings is 1. The van der Waals surface area contributed by atoms with Gasteiger partial charge in [-0.25, -0.2) is 9.97 Å². The number of hydrogen-bond acceptors (Lipinski definition) is 5. The van der Waals surface area contributed by atoms with Crippen LogP contribution in [0, 0.1) is 0 Å². The first-order chi connectivity index (χ1) is 9.38. The summed E-state index contributed by atoms with van der Waals surface area (Å²) in [6.45, 7) is 3.90. The Morgan fingerprint density at radius 1 is 1.16 bits per heavy atom. The lowest BCUT2D eigenvalue weighted by atomic mass is 10.1. The molecular weight excluding hydrogens is 240 g/mol. The van der Waals surface area contributed by atoms with Gasteiger partial charge in [0.1, 0.15) is 0 Å². The van der Waals surface area contributed by atoms with Crippen LogP contribution >= 0.6 is 0 Å². The molecule has 1 aromatic heterocycles. The van der Waals surface area contributed by atoms with Gasteiger partial charge in [0, 0.05) is 44.6 Å². The lowest BCUT2D eigenvalue weighted by Crippen LogP contribution is -2.44. The number of aliphatic hydroxyl groups is 1. The number of piperazine rings is 1. The van der Waals surface area contributed by atoms with Crippen LogP contribution in [0.1, 0.15) is 5.69 Å². The van der Waals surface area contributed by atoms with Crippen LogP contribution in [0.5, 0.6) is 0 Å². The van der Waals surface area contributed by atoms with Gasteiger partial charge < -0.3 is 15.3 Å². The molecule has 0 bridgehead atoms. The summed E-state index contributed by atoms with van der Waals surface area (Å²) in [5.41, 5.74) is 1.89. The Bertz CT molecular complexity index is 566. The van der Waals surface area contributed by atoms with Crippen LogP contribution in [0.3, 0.4) is 0 Å². The summed E-state index contributed by atoms with van der Waals surface area (Å²) in [5, 5.41) is 13.6. The zero-order valence-corrected chi connectivity index (χ0v) is 10.8. The molecule has 0 amide bonds. The van der Waals surface area contributed by atoms with Crippen molar-refractivity contribution in [1.82, 2.24) is 15.3 Å². The maximum atomic E-state index is 9.20. The molecule has 1 aliphatic rings. The predicted molar refractivity (Wildman–Crippen MR) is 75.4 cm³/mol. The van der Waals surface area contributed by atoms with E-state index in [1.165, 1.54) is 0 Å². The van der Waals surface area contributed by atoms with Gasteiger partial charge in [0.25, 0.3) is 0 Å². The lowest BCUT2D eigenvalue weighted by Gasteiger charge is -2.27. The highest BCUT2D eigenvalue weighted by Gasteiger charge is 2.15. The van der Waals surface area contributed by atoms with E-state index in [9.17, 15) is 5.11 Å². The monoisotopic (exact) mass is 258 g/mol. The van der Waals surface area contributed by atoms with Crippen molar-refractivity contribution in [2.24, 2.45) is 0 Å². The van der Waals surface area contributed by atoms with E-state index in [1.54, 1.807) is 0 Å². The topological polar surface area (TPSA) is 61.3 Å². The van der Waals surface area contributed by atoms with Crippen LogP contribution in [-0.4, -0.2) is 47.9 Å². The van der Waals surface area contributed by atoms with Gasteiger partial charge in [-0.05, 0) is 6.07 Å². The van der Waals surface area contributed by atoms with Gasteiger partial charge in [-0.1, -0.05) is 18.2 Å². The molecule has 100 valence electrons. The third-order valence-electron chi connectivity index (χ3n) is 3.42. The van der Waals surface area contributed by atoms with Crippen molar-refractivity contribution >= 4 is 16.9 Å². The summed E-state index contributed by atoms with van der Waals surface area (Å²) in [6.07, 6.45) is 0.572. The molecule has 0 atom stereocenters. The van der Waals surface area contributed by atoms with E-state index in [1.807, 2.05) is 24.3 Å². The minimum atomic E-state index is 0.113. The molecule has 2 aromatic rings. The number of nitrogens with zero attached hydrogens (tertiary/aromatic N) is 3. The molecule has 0 saturated carbocycles. The van der Waals surface area contributed by atoms with Gasteiger partial charge in [0.15, 0.2) is 0 Å². The van der Waals surface area contributed by atoms with Gasteiger partial charge >= 0.3 is 0 Å². The molecule has 0 spiro atoms. The average molecular weight is 258 g/mol. The molecule has 3 rings (SSSR count). The Morgan fingerprint density at radius 3 is 2.74 bits per heavy atom. The van der Waals surface area contributed by atoms with E-state index in [4.69, 9.17) is 0 Å². The molecule has 0 aliphatic carbocycles. The zero-order valence-electron chi connectivity index (χ0n) is 10.8. The Morgan fingerprint density at radius 2 is 1.95 bits per heavy atom. The second-order valence-corrected chi connectivity index (χ2v) is 4.70. The van der Waals surface area contributed by atoms with Crippen molar-refractivity contribution in [2.75, 3.05) is 37.7 Å². The first kappa shape index (κ1) is 12.3. The van der Waals surface area contributed by atoms with Crippen molar-refractivity contribution in [3.63, 3.8) is 0 Å². The SMILES string of the molecule is OCCc1nc(N2CCNCC2)nc2ccccc12. The standard InChI is InChI=1S/C14H18N4O/c19-10-5-13-11-3-1-2-4-12(11)16-14(17-13)18-8-6-15-7-9-18/h1-4,15,19H,5-10H2. The van der Waals surface area contributed by atoms with Crippen molar-refractivity contribution in [3.05, 3.63) is 30.0 Å². The normalized spacial score (nSPS) is 15.9. The number of fused-ring (bicyclic) bond motifs is 1. The zero-order chi connectivity index (χ0) is 13.1. The average Bonchev–Trinajstić information content (AvgIpc) is 2.48. The van der Waals surface area contributed by atoms with Crippen LogP contribution in [0.15, 0.2) is 24.3 Å². The Kier molecular flexibility index (Phi) is 3.57. The minimum absolute atomic E-state index is 0.113. The Hall–Kier alpha value is -1.72. The van der Waals surface area contributed by atoms with Gasteiger partial charge in [-0.2, -0.15) is 0 Å². The number of para-hydroxylation sites is 1. The van der Waals surface area contributed by atoms with Gasteiger partial charge in [0.05, 0.1) is 11.2 Å². The fourth-order valence-corrected chi connectivity index (χ4v) is 2.43. The summed E-state index contributed by atoms with van der Waals surface area (Å²) < 4.78 is 0. The van der Waals surface area contributed by atoms with Gasteiger partial charge in [-0.15, -0.1) is 0 Å². The fraction of sp³-hybridized carbons (Fsp3) is 0.429. The lowest BCUT2D eigenvalue weighted by molar-refractivity contribution is 0.298. The summed E-state index contributed by atoms with van der Waals surface area (Å²) in [5.74, 6) is 0.781. The fourth-order valence-electron chi connectivity index (χ4n) is 2.43. The van der Waals surface area contributed by atoms with E-state index in [-0.39, 0.29) is 6.61 Å². The maximum Gasteiger partial charge on any atom is 0.226 e. The van der Waals surface area contributed by atoms with E-state index >= 15 is 0 Å². The molecule has 0 radical (unpaired) electrons. The van der Waals surface area contributed by atoms with Crippen molar-refractivity contribution in [1.29, 1.82) is 0 Å². The molecule has 5 nitrogen and oxygen atoms in total. The highest BCUT2D eigenvalue weighted by molar-refractivity contribution is 5.82. The first-order valence-corrected chi connectivity index (χ1v) is 6.70. The molecule has 1 aliphatic heterocycles. The van der Waals surface area contributed by atoms with Gasteiger partial charge in [0.2, 0.25) is 5.95 Å². The molecule has 5 heteroatoms. The van der Waals surface area contributed by atoms with Crippen molar-refractivity contribution in [2.45, 2.75) is 6.42 Å². The molecule has 0 unspecified atom stereocenters. The van der Waals surface area contributed by atoms with Gasteiger partial charge in [-0.3, -0.25) is 0 Å².